The Morgan fingerprint density at radius 3 is 2.84 bits per heavy atom. The molecule has 0 unspecified atom stereocenters. The van der Waals surface area contributed by atoms with Crippen molar-refractivity contribution in [3.05, 3.63) is 40.9 Å². The predicted molar refractivity (Wildman–Crippen MR) is 82.7 cm³/mol. The molecular formula is C15H21BrN2O. The highest BCUT2D eigenvalue weighted by Crippen LogP contribution is 2.33. The van der Waals surface area contributed by atoms with E-state index in [-0.39, 0.29) is 0 Å². The third kappa shape index (κ3) is 3.59. The van der Waals surface area contributed by atoms with Gasteiger partial charge in [0.05, 0.1) is 7.11 Å². The van der Waals surface area contributed by atoms with Crippen LogP contribution in [-0.2, 0) is 0 Å². The lowest BCUT2D eigenvalue weighted by Gasteiger charge is -2.35. The molecule has 1 fully saturated rings. The number of nitrogens with zero attached hydrogens (tertiary/aromatic N) is 1. The molecule has 0 aliphatic carbocycles. The SMILES string of the molecule is C=CC[C@@H](c1cc(OC)ccc1Br)N1CCNCC1. The molecule has 1 aromatic rings. The van der Waals surface area contributed by atoms with Crippen LogP contribution in [-0.4, -0.2) is 38.2 Å². The van der Waals surface area contributed by atoms with E-state index in [2.05, 4.69) is 44.9 Å². The van der Waals surface area contributed by atoms with E-state index in [1.807, 2.05) is 12.1 Å². The summed E-state index contributed by atoms with van der Waals surface area (Å²) in [5.41, 5.74) is 1.28. The lowest BCUT2D eigenvalue weighted by Crippen LogP contribution is -2.45. The Morgan fingerprint density at radius 1 is 1.47 bits per heavy atom. The summed E-state index contributed by atoms with van der Waals surface area (Å²) in [6, 6.07) is 6.53. The summed E-state index contributed by atoms with van der Waals surface area (Å²) in [6.07, 6.45) is 2.95. The molecule has 0 spiro atoms. The van der Waals surface area contributed by atoms with Crippen LogP contribution >= 0.6 is 15.9 Å². The highest BCUT2D eigenvalue weighted by atomic mass is 79.9. The van der Waals surface area contributed by atoms with Gasteiger partial charge in [-0.1, -0.05) is 22.0 Å². The molecule has 0 aromatic heterocycles. The average molecular weight is 325 g/mol. The average Bonchev–Trinajstić information content (AvgIpc) is 2.47. The molecular weight excluding hydrogens is 304 g/mol. The molecule has 104 valence electrons. The summed E-state index contributed by atoms with van der Waals surface area (Å²) < 4.78 is 6.49. The van der Waals surface area contributed by atoms with Crippen LogP contribution in [0.25, 0.3) is 0 Å². The Labute approximate surface area is 123 Å². The molecule has 0 bridgehead atoms. The number of nitrogens with one attached hydrogen (secondary N) is 1. The van der Waals surface area contributed by atoms with E-state index in [9.17, 15) is 0 Å². The summed E-state index contributed by atoms with van der Waals surface area (Å²) in [4.78, 5) is 2.51. The van der Waals surface area contributed by atoms with Crippen molar-refractivity contribution >= 4 is 15.9 Å². The Balaban J connectivity index is 2.28. The van der Waals surface area contributed by atoms with Gasteiger partial charge in [-0.25, -0.2) is 0 Å². The van der Waals surface area contributed by atoms with Crippen LogP contribution in [0.15, 0.2) is 35.3 Å². The van der Waals surface area contributed by atoms with E-state index >= 15 is 0 Å². The van der Waals surface area contributed by atoms with Crippen LogP contribution < -0.4 is 10.1 Å². The van der Waals surface area contributed by atoms with E-state index in [4.69, 9.17) is 4.74 Å². The Bertz CT molecular complexity index is 430. The van der Waals surface area contributed by atoms with Gasteiger partial charge in [0.25, 0.3) is 0 Å². The largest absolute Gasteiger partial charge is 0.497 e. The van der Waals surface area contributed by atoms with Crippen LogP contribution in [0.2, 0.25) is 0 Å². The first-order chi connectivity index (χ1) is 9.26. The number of hydrogen-bond acceptors (Lipinski definition) is 3. The third-order valence-electron chi connectivity index (χ3n) is 3.54. The zero-order valence-corrected chi connectivity index (χ0v) is 12.9. The van der Waals surface area contributed by atoms with Crippen molar-refractivity contribution in [2.45, 2.75) is 12.5 Å². The number of halogens is 1. The van der Waals surface area contributed by atoms with Gasteiger partial charge in [0, 0.05) is 36.7 Å². The fourth-order valence-electron chi connectivity index (χ4n) is 2.53. The lowest BCUT2D eigenvalue weighted by atomic mass is 10.0. The number of ether oxygens (including phenoxy) is 1. The van der Waals surface area contributed by atoms with Gasteiger partial charge >= 0.3 is 0 Å². The second-order valence-corrected chi connectivity index (χ2v) is 5.57. The van der Waals surface area contributed by atoms with Gasteiger partial charge < -0.3 is 10.1 Å². The second kappa shape index (κ2) is 7.08. The number of methoxy groups -OCH3 is 1. The summed E-state index contributed by atoms with van der Waals surface area (Å²) in [7, 11) is 1.71. The van der Waals surface area contributed by atoms with Crippen LogP contribution in [0.3, 0.4) is 0 Å². The molecule has 1 aliphatic heterocycles. The molecule has 3 nitrogen and oxygen atoms in total. The highest BCUT2D eigenvalue weighted by Gasteiger charge is 2.23. The molecule has 1 heterocycles. The zero-order valence-electron chi connectivity index (χ0n) is 11.4. The Morgan fingerprint density at radius 2 is 2.21 bits per heavy atom. The maximum Gasteiger partial charge on any atom is 0.119 e. The fourth-order valence-corrected chi connectivity index (χ4v) is 3.04. The molecule has 0 amide bonds. The minimum absolute atomic E-state index is 0.365. The molecule has 1 aromatic carbocycles. The van der Waals surface area contributed by atoms with Gasteiger partial charge in [-0.3, -0.25) is 4.90 Å². The predicted octanol–water partition coefficient (Wildman–Crippen LogP) is 2.98. The van der Waals surface area contributed by atoms with Crippen molar-refractivity contribution in [3.8, 4) is 5.75 Å². The number of benzene rings is 1. The van der Waals surface area contributed by atoms with E-state index in [0.29, 0.717) is 6.04 Å². The number of hydrogen-bond donors (Lipinski definition) is 1. The normalized spacial score (nSPS) is 18.0. The van der Waals surface area contributed by atoms with Gasteiger partial charge in [-0.05, 0) is 30.2 Å². The molecule has 19 heavy (non-hydrogen) atoms. The molecule has 0 saturated carbocycles. The molecule has 4 heteroatoms. The second-order valence-electron chi connectivity index (χ2n) is 4.71. The van der Waals surface area contributed by atoms with Gasteiger partial charge in [0.1, 0.15) is 5.75 Å². The van der Waals surface area contributed by atoms with Gasteiger partial charge in [0.15, 0.2) is 0 Å². The van der Waals surface area contributed by atoms with E-state index in [0.717, 1.165) is 42.8 Å². The van der Waals surface area contributed by atoms with Crippen molar-refractivity contribution in [1.29, 1.82) is 0 Å². The van der Waals surface area contributed by atoms with Gasteiger partial charge in [-0.15, -0.1) is 6.58 Å². The maximum absolute atomic E-state index is 5.35. The molecule has 1 aliphatic rings. The summed E-state index contributed by atoms with van der Waals surface area (Å²) in [6.45, 7) is 8.15. The molecule has 1 atom stereocenters. The quantitative estimate of drug-likeness (QED) is 0.843. The lowest BCUT2D eigenvalue weighted by molar-refractivity contribution is 0.174. The van der Waals surface area contributed by atoms with Gasteiger partial charge in [-0.2, -0.15) is 0 Å². The number of rotatable bonds is 5. The smallest absolute Gasteiger partial charge is 0.119 e. The summed E-state index contributed by atoms with van der Waals surface area (Å²) in [5.74, 6) is 0.905. The van der Waals surface area contributed by atoms with E-state index in [1.165, 1.54) is 5.56 Å². The topological polar surface area (TPSA) is 24.5 Å². The summed E-state index contributed by atoms with van der Waals surface area (Å²) >= 11 is 3.66. The van der Waals surface area contributed by atoms with Crippen LogP contribution in [0.1, 0.15) is 18.0 Å². The van der Waals surface area contributed by atoms with Crippen molar-refractivity contribution in [3.63, 3.8) is 0 Å². The number of piperazine rings is 1. The summed E-state index contributed by atoms with van der Waals surface area (Å²) in [5, 5.41) is 3.40. The Hall–Kier alpha value is -0.840. The molecule has 1 saturated heterocycles. The third-order valence-corrected chi connectivity index (χ3v) is 4.27. The molecule has 0 radical (unpaired) electrons. The molecule has 1 N–H and O–H groups in total. The highest BCUT2D eigenvalue weighted by molar-refractivity contribution is 9.10. The minimum atomic E-state index is 0.365. The Kier molecular flexibility index (Phi) is 5.43. The molecule has 2 rings (SSSR count). The van der Waals surface area contributed by atoms with Crippen molar-refractivity contribution in [2.75, 3.05) is 33.3 Å². The minimum Gasteiger partial charge on any atom is -0.497 e. The standard InChI is InChI=1S/C15H21BrN2O/c1-3-4-15(18-9-7-17-8-10-18)13-11-12(19-2)5-6-14(13)16/h3,5-6,11,15,17H,1,4,7-10H2,2H3/t15-/m0/s1. The zero-order chi connectivity index (χ0) is 13.7. The maximum atomic E-state index is 5.35. The van der Waals surface area contributed by atoms with Crippen LogP contribution in [0.5, 0.6) is 5.75 Å². The monoisotopic (exact) mass is 324 g/mol. The first kappa shape index (κ1) is 14.6. The van der Waals surface area contributed by atoms with Crippen LogP contribution in [0.4, 0.5) is 0 Å². The van der Waals surface area contributed by atoms with Crippen molar-refractivity contribution in [1.82, 2.24) is 10.2 Å². The van der Waals surface area contributed by atoms with E-state index < -0.39 is 0 Å². The first-order valence-electron chi connectivity index (χ1n) is 6.65. The van der Waals surface area contributed by atoms with Crippen molar-refractivity contribution < 1.29 is 4.74 Å². The first-order valence-corrected chi connectivity index (χ1v) is 7.44. The van der Waals surface area contributed by atoms with Gasteiger partial charge in [0.2, 0.25) is 0 Å². The van der Waals surface area contributed by atoms with Crippen molar-refractivity contribution in [2.24, 2.45) is 0 Å². The van der Waals surface area contributed by atoms with Crippen LogP contribution in [0, 0.1) is 0 Å². The fraction of sp³-hybridized carbons (Fsp3) is 0.467. The van der Waals surface area contributed by atoms with E-state index in [1.54, 1.807) is 7.11 Å².